The minimum absolute atomic E-state index is 0.0709. The molecule has 0 saturated heterocycles. The highest BCUT2D eigenvalue weighted by molar-refractivity contribution is 9.10. The Morgan fingerprint density at radius 2 is 1.96 bits per heavy atom. The molecule has 134 valence electrons. The van der Waals surface area contributed by atoms with Gasteiger partial charge in [-0.3, -0.25) is 9.78 Å². The molecule has 27 heavy (non-hydrogen) atoms. The van der Waals surface area contributed by atoms with Gasteiger partial charge in [0.15, 0.2) is 0 Å². The number of nitrogens with zero attached hydrogens (tertiary/aromatic N) is 3. The number of nitrogens with one attached hydrogen (secondary N) is 2. The zero-order valence-corrected chi connectivity index (χ0v) is 16.6. The van der Waals surface area contributed by atoms with E-state index in [1.54, 1.807) is 36.4 Å². The van der Waals surface area contributed by atoms with Crippen LogP contribution < -0.4 is 11.0 Å². The van der Waals surface area contributed by atoms with Crippen molar-refractivity contribution in [1.82, 2.24) is 9.97 Å². The monoisotopic (exact) mass is 461 g/mol. The first kappa shape index (κ1) is 19.1. The van der Waals surface area contributed by atoms with Gasteiger partial charge >= 0.3 is 0 Å². The average Bonchev–Trinajstić information content (AvgIpc) is 2.66. The van der Waals surface area contributed by atoms with Crippen LogP contribution in [0.1, 0.15) is 11.1 Å². The van der Waals surface area contributed by atoms with Crippen LogP contribution in [0, 0.1) is 11.3 Å². The summed E-state index contributed by atoms with van der Waals surface area (Å²) in [6.45, 7) is 0. The maximum atomic E-state index is 12.2. The Kier molecular flexibility index (Phi) is 5.91. The number of hydrogen-bond donors (Lipinski definition) is 2. The predicted molar refractivity (Wildman–Crippen MR) is 110 cm³/mol. The van der Waals surface area contributed by atoms with Crippen molar-refractivity contribution in [3.05, 3.63) is 78.5 Å². The fourth-order valence-electron chi connectivity index (χ4n) is 2.23. The first-order valence-corrected chi connectivity index (χ1v) is 9.08. The van der Waals surface area contributed by atoms with Gasteiger partial charge in [-0.05, 0) is 28.1 Å². The van der Waals surface area contributed by atoms with E-state index in [9.17, 15) is 10.1 Å². The molecule has 3 rings (SSSR count). The van der Waals surface area contributed by atoms with Gasteiger partial charge in [0.2, 0.25) is 5.95 Å². The van der Waals surface area contributed by atoms with Crippen molar-refractivity contribution >= 4 is 51.3 Å². The Labute approximate surface area is 172 Å². The van der Waals surface area contributed by atoms with E-state index in [0.29, 0.717) is 25.6 Å². The molecule has 0 atom stereocenters. The lowest BCUT2D eigenvalue weighted by Crippen LogP contribution is -2.16. The number of hydrazone groups is 1. The summed E-state index contributed by atoms with van der Waals surface area (Å²) in [5.41, 5.74) is 3.50. The van der Waals surface area contributed by atoms with Gasteiger partial charge in [-0.25, -0.2) is 10.4 Å². The Bertz CT molecular complexity index is 1120. The lowest BCUT2D eigenvalue weighted by Gasteiger charge is -2.06. The first-order valence-electron chi connectivity index (χ1n) is 7.53. The van der Waals surface area contributed by atoms with Crippen LogP contribution in [-0.4, -0.2) is 16.2 Å². The summed E-state index contributed by atoms with van der Waals surface area (Å²) in [7, 11) is 0. The van der Waals surface area contributed by atoms with E-state index >= 15 is 0 Å². The molecule has 2 N–H and O–H groups in total. The quantitative estimate of drug-likeness (QED) is 0.330. The molecule has 1 heterocycles. The van der Waals surface area contributed by atoms with Crippen molar-refractivity contribution in [2.45, 2.75) is 0 Å². The van der Waals surface area contributed by atoms with Crippen molar-refractivity contribution in [3.63, 3.8) is 0 Å². The summed E-state index contributed by atoms with van der Waals surface area (Å²) in [6.07, 6.45) is 1.45. The highest BCUT2D eigenvalue weighted by atomic mass is 79.9. The number of nitriles is 1. The standard InChI is InChI=1S/C18H10BrCl2N5O/c19-13-7-14(20)11(6-15(13)21)9-23-26-18-24-16(10-4-2-1-3-5-10)12(8-22)17(27)25-18/h1-7,9H,(H2,24,25,26,27). The van der Waals surface area contributed by atoms with E-state index < -0.39 is 5.56 Å². The smallest absolute Gasteiger partial charge is 0.270 e. The van der Waals surface area contributed by atoms with Crippen molar-refractivity contribution in [2.24, 2.45) is 5.10 Å². The predicted octanol–water partition coefficient (Wildman–Crippen LogP) is 4.82. The van der Waals surface area contributed by atoms with E-state index in [4.69, 9.17) is 23.2 Å². The molecule has 0 fully saturated rings. The second-order valence-corrected chi connectivity index (χ2v) is 6.94. The maximum absolute atomic E-state index is 12.2. The molecule has 0 aliphatic heterocycles. The van der Waals surface area contributed by atoms with Gasteiger partial charge in [-0.2, -0.15) is 10.4 Å². The van der Waals surface area contributed by atoms with Crippen LogP contribution in [0.4, 0.5) is 5.95 Å². The Morgan fingerprint density at radius 3 is 2.67 bits per heavy atom. The Balaban J connectivity index is 1.93. The number of H-pyrrole nitrogens is 1. The normalized spacial score (nSPS) is 10.7. The van der Waals surface area contributed by atoms with Crippen LogP contribution in [0.15, 0.2) is 56.8 Å². The molecular weight excluding hydrogens is 453 g/mol. The highest BCUT2D eigenvalue weighted by Crippen LogP contribution is 2.28. The van der Waals surface area contributed by atoms with Gasteiger partial charge in [-0.1, -0.05) is 53.5 Å². The highest BCUT2D eigenvalue weighted by Gasteiger charge is 2.12. The van der Waals surface area contributed by atoms with Gasteiger partial charge in [-0.15, -0.1) is 0 Å². The summed E-state index contributed by atoms with van der Waals surface area (Å²) >= 11 is 15.5. The Morgan fingerprint density at radius 1 is 1.22 bits per heavy atom. The van der Waals surface area contributed by atoms with Gasteiger partial charge in [0.25, 0.3) is 5.56 Å². The van der Waals surface area contributed by atoms with E-state index in [0.717, 1.165) is 0 Å². The molecule has 0 amide bonds. The van der Waals surface area contributed by atoms with Gasteiger partial charge in [0.05, 0.1) is 22.0 Å². The molecule has 0 aliphatic rings. The third-order valence-corrected chi connectivity index (χ3v) is 5.02. The van der Waals surface area contributed by atoms with Crippen LogP contribution in [-0.2, 0) is 0 Å². The summed E-state index contributed by atoms with van der Waals surface area (Å²) in [5, 5.41) is 14.2. The molecule has 0 radical (unpaired) electrons. The molecule has 6 nitrogen and oxygen atoms in total. The molecule has 3 aromatic rings. The third-order valence-electron chi connectivity index (χ3n) is 3.49. The number of hydrogen-bond acceptors (Lipinski definition) is 5. The molecular formula is C18H10BrCl2N5O. The van der Waals surface area contributed by atoms with Crippen LogP contribution in [0.5, 0.6) is 0 Å². The topological polar surface area (TPSA) is 93.9 Å². The number of rotatable bonds is 4. The molecule has 0 spiro atoms. The molecule has 0 saturated carbocycles. The number of aromatic nitrogens is 2. The van der Waals surface area contributed by atoms with E-state index in [1.807, 2.05) is 12.1 Å². The number of benzene rings is 2. The van der Waals surface area contributed by atoms with Gasteiger partial charge < -0.3 is 0 Å². The fourth-order valence-corrected chi connectivity index (χ4v) is 3.09. The third kappa shape index (κ3) is 4.37. The minimum Gasteiger partial charge on any atom is -0.290 e. The zero-order valence-electron chi connectivity index (χ0n) is 13.5. The second kappa shape index (κ2) is 8.35. The average molecular weight is 463 g/mol. The largest absolute Gasteiger partial charge is 0.290 e. The van der Waals surface area contributed by atoms with Crippen molar-refractivity contribution in [1.29, 1.82) is 5.26 Å². The maximum Gasteiger partial charge on any atom is 0.270 e. The SMILES string of the molecule is N#Cc1c(-c2ccccc2)nc(NN=Cc2cc(Cl)c(Br)cc2Cl)[nH]c1=O. The van der Waals surface area contributed by atoms with Crippen molar-refractivity contribution in [3.8, 4) is 17.3 Å². The van der Waals surface area contributed by atoms with E-state index in [1.165, 1.54) is 6.21 Å². The van der Waals surface area contributed by atoms with Crippen molar-refractivity contribution < 1.29 is 0 Å². The zero-order chi connectivity index (χ0) is 19.4. The second-order valence-electron chi connectivity index (χ2n) is 5.27. The van der Waals surface area contributed by atoms with E-state index in [-0.39, 0.29) is 17.2 Å². The lowest BCUT2D eigenvalue weighted by molar-refractivity contribution is 1.08. The molecule has 2 aromatic carbocycles. The lowest BCUT2D eigenvalue weighted by atomic mass is 10.1. The summed E-state index contributed by atoms with van der Waals surface area (Å²) in [6, 6.07) is 14.1. The summed E-state index contributed by atoms with van der Waals surface area (Å²) in [5.74, 6) is 0.0911. The molecule has 9 heteroatoms. The number of anilines is 1. The number of halogens is 3. The van der Waals surface area contributed by atoms with Crippen LogP contribution in [0.3, 0.4) is 0 Å². The van der Waals surface area contributed by atoms with Crippen LogP contribution in [0.25, 0.3) is 11.3 Å². The van der Waals surface area contributed by atoms with Crippen LogP contribution >= 0.6 is 39.1 Å². The summed E-state index contributed by atoms with van der Waals surface area (Å²) < 4.78 is 0.671. The molecule has 0 bridgehead atoms. The van der Waals surface area contributed by atoms with Gasteiger partial charge in [0.1, 0.15) is 11.6 Å². The summed E-state index contributed by atoms with van der Waals surface area (Å²) in [4.78, 5) is 18.9. The Hall–Kier alpha value is -2.66. The van der Waals surface area contributed by atoms with Crippen molar-refractivity contribution in [2.75, 3.05) is 5.43 Å². The first-order chi connectivity index (χ1) is 13.0. The minimum atomic E-state index is -0.561. The van der Waals surface area contributed by atoms with Crippen LogP contribution in [0.2, 0.25) is 10.0 Å². The molecule has 0 aliphatic carbocycles. The number of aromatic amines is 1. The molecule has 1 aromatic heterocycles. The molecule has 0 unspecified atom stereocenters. The van der Waals surface area contributed by atoms with Gasteiger partial charge in [0, 0.05) is 15.6 Å². The van der Waals surface area contributed by atoms with E-state index in [2.05, 4.69) is 36.4 Å². The fraction of sp³-hybridized carbons (Fsp3) is 0.